The van der Waals surface area contributed by atoms with Crippen molar-refractivity contribution in [2.24, 2.45) is 0 Å². The summed E-state index contributed by atoms with van der Waals surface area (Å²) in [7, 11) is 1.85. The number of nitrogens with zero attached hydrogens (tertiary/aromatic N) is 2. The van der Waals surface area contributed by atoms with Gasteiger partial charge in [-0.3, -0.25) is 0 Å². The lowest BCUT2D eigenvalue weighted by Crippen LogP contribution is -2.01. The molecule has 134 valence electrons. The molecule has 4 aromatic rings. The Morgan fingerprint density at radius 2 is 1.74 bits per heavy atom. The van der Waals surface area contributed by atoms with Gasteiger partial charge in [0.2, 0.25) is 0 Å². The molecule has 0 atom stereocenters. The number of halogens is 1. The van der Waals surface area contributed by atoms with E-state index in [-0.39, 0.29) is 5.82 Å². The number of hydrogen-bond donors (Lipinski definition) is 2. The van der Waals surface area contributed by atoms with Gasteiger partial charge in [-0.2, -0.15) is 0 Å². The van der Waals surface area contributed by atoms with E-state index in [0.29, 0.717) is 12.2 Å². The van der Waals surface area contributed by atoms with E-state index in [1.807, 2.05) is 31.3 Å². The molecule has 1 heterocycles. The number of aromatic nitrogens is 2. The van der Waals surface area contributed by atoms with E-state index in [1.165, 1.54) is 6.07 Å². The number of para-hydroxylation sites is 1. The molecule has 0 aliphatic carbocycles. The van der Waals surface area contributed by atoms with Crippen molar-refractivity contribution in [1.82, 2.24) is 9.97 Å². The topological polar surface area (TPSA) is 49.8 Å². The van der Waals surface area contributed by atoms with Crippen molar-refractivity contribution in [3.8, 4) is 11.1 Å². The van der Waals surface area contributed by atoms with Gasteiger partial charge in [0, 0.05) is 19.0 Å². The molecule has 0 saturated carbocycles. The van der Waals surface area contributed by atoms with Crippen molar-refractivity contribution in [3.05, 3.63) is 84.4 Å². The van der Waals surface area contributed by atoms with E-state index in [9.17, 15) is 4.39 Å². The zero-order chi connectivity index (χ0) is 18.6. The van der Waals surface area contributed by atoms with Gasteiger partial charge in [0.15, 0.2) is 0 Å². The molecule has 0 aliphatic rings. The highest BCUT2D eigenvalue weighted by Gasteiger charge is 2.06. The SMILES string of the molecule is CNc1ncnc2ccc(-c3cccc(CNc4ccccc4F)c3)cc12. The molecule has 0 bridgehead atoms. The van der Waals surface area contributed by atoms with Gasteiger partial charge in [0.25, 0.3) is 0 Å². The molecule has 4 rings (SSSR count). The summed E-state index contributed by atoms with van der Waals surface area (Å²) < 4.78 is 13.8. The van der Waals surface area contributed by atoms with Crippen LogP contribution < -0.4 is 10.6 Å². The number of hydrogen-bond acceptors (Lipinski definition) is 4. The van der Waals surface area contributed by atoms with E-state index in [0.717, 1.165) is 33.4 Å². The van der Waals surface area contributed by atoms with Gasteiger partial charge in [0.1, 0.15) is 18.0 Å². The summed E-state index contributed by atoms with van der Waals surface area (Å²) in [5.41, 5.74) is 4.66. The largest absolute Gasteiger partial charge is 0.379 e. The fraction of sp³-hybridized carbons (Fsp3) is 0.0909. The Kier molecular flexibility index (Phi) is 4.66. The summed E-state index contributed by atoms with van der Waals surface area (Å²) in [6.45, 7) is 0.549. The van der Waals surface area contributed by atoms with Crippen LogP contribution in [0.1, 0.15) is 5.56 Å². The number of benzene rings is 3. The first kappa shape index (κ1) is 17.0. The summed E-state index contributed by atoms with van der Waals surface area (Å²) in [5, 5.41) is 7.24. The fourth-order valence-corrected chi connectivity index (χ4v) is 3.10. The summed E-state index contributed by atoms with van der Waals surface area (Å²) in [4.78, 5) is 8.60. The van der Waals surface area contributed by atoms with Crippen LogP contribution in [0.25, 0.3) is 22.0 Å². The first-order chi connectivity index (χ1) is 13.2. The molecule has 0 saturated heterocycles. The van der Waals surface area contributed by atoms with Crippen LogP contribution in [0.15, 0.2) is 73.1 Å². The first-order valence-electron chi connectivity index (χ1n) is 8.75. The van der Waals surface area contributed by atoms with E-state index < -0.39 is 0 Å². The molecule has 0 unspecified atom stereocenters. The molecule has 0 amide bonds. The van der Waals surface area contributed by atoms with E-state index in [2.05, 4.69) is 44.9 Å². The Balaban J connectivity index is 1.62. The number of anilines is 2. The first-order valence-corrected chi connectivity index (χ1v) is 8.75. The zero-order valence-corrected chi connectivity index (χ0v) is 14.9. The van der Waals surface area contributed by atoms with Crippen LogP contribution in [0.2, 0.25) is 0 Å². The lowest BCUT2D eigenvalue weighted by atomic mass is 10.0. The summed E-state index contributed by atoms with van der Waals surface area (Å²) >= 11 is 0. The summed E-state index contributed by atoms with van der Waals surface area (Å²) in [6.07, 6.45) is 1.56. The lowest BCUT2D eigenvalue weighted by Gasteiger charge is -2.10. The van der Waals surface area contributed by atoms with E-state index in [4.69, 9.17) is 0 Å². The van der Waals surface area contributed by atoms with E-state index >= 15 is 0 Å². The van der Waals surface area contributed by atoms with E-state index in [1.54, 1.807) is 18.5 Å². The normalized spacial score (nSPS) is 10.7. The maximum absolute atomic E-state index is 13.8. The van der Waals surface area contributed by atoms with Crippen LogP contribution >= 0.6 is 0 Å². The standard InChI is InChI=1S/C22H19FN4/c1-24-22-18-12-17(9-10-20(18)26-14-27-22)16-6-4-5-15(11-16)13-25-21-8-3-2-7-19(21)23/h2-12,14,25H,13H2,1H3,(H,24,26,27). The number of rotatable bonds is 5. The molecule has 0 aliphatic heterocycles. The minimum absolute atomic E-state index is 0.247. The molecular weight excluding hydrogens is 339 g/mol. The second kappa shape index (κ2) is 7.41. The monoisotopic (exact) mass is 358 g/mol. The minimum atomic E-state index is -0.247. The predicted molar refractivity (Wildman–Crippen MR) is 108 cm³/mol. The average Bonchev–Trinajstić information content (AvgIpc) is 2.72. The molecule has 4 nitrogen and oxygen atoms in total. The van der Waals surface area contributed by atoms with Crippen LogP contribution in [0, 0.1) is 5.82 Å². The highest BCUT2D eigenvalue weighted by atomic mass is 19.1. The van der Waals surface area contributed by atoms with Gasteiger partial charge in [-0.25, -0.2) is 14.4 Å². The third-order valence-electron chi connectivity index (χ3n) is 4.49. The molecule has 0 spiro atoms. The Morgan fingerprint density at radius 3 is 2.59 bits per heavy atom. The van der Waals surface area contributed by atoms with Crippen molar-refractivity contribution in [3.63, 3.8) is 0 Å². The molecule has 0 radical (unpaired) electrons. The van der Waals surface area contributed by atoms with Gasteiger partial charge in [-0.1, -0.05) is 36.4 Å². The predicted octanol–water partition coefficient (Wildman–Crippen LogP) is 5.09. The second-order valence-corrected chi connectivity index (χ2v) is 6.24. The Hall–Kier alpha value is -3.47. The van der Waals surface area contributed by atoms with Crippen molar-refractivity contribution in [2.75, 3.05) is 17.7 Å². The maximum Gasteiger partial charge on any atom is 0.146 e. The highest BCUT2D eigenvalue weighted by Crippen LogP contribution is 2.27. The summed E-state index contributed by atoms with van der Waals surface area (Å²) in [5.74, 6) is 0.557. The van der Waals surface area contributed by atoms with Gasteiger partial charge in [-0.15, -0.1) is 0 Å². The molecule has 1 aromatic heterocycles. The van der Waals surface area contributed by atoms with Crippen molar-refractivity contribution in [2.45, 2.75) is 6.54 Å². The quantitative estimate of drug-likeness (QED) is 0.522. The lowest BCUT2D eigenvalue weighted by molar-refractivity contribution is 0.630. The highest BCUT2D eigenvalue weighted by molar-refractivity contribution is 5.92. The second-order valence-electron chi connectivity index (χ2n) is 6.24. The molecular formula is C22H19FN4. The smallest absolute Gasteiger partial charge is 0.146 e. The van der Waals surface area contributed by atoms with Crippen LogP contribution in [0.5, 0.6) is 0 Å². The molecule has 2 N–H and O–H groups in total. The van der Waals surface area contributed by atoms with Gasteiger partial charge < -0.3 is 10.6 Å². The number of fused-ring (bicyclic) bond motifs is 1. The Morgan fingerprint density at radius 1 is 0.889 bits per heavy atom. The molecule has 27 heavy (non-hydrogen) atoms. The van der Waals surface area contributed by atoms with Crippen LogP contribution in [0.4, 0.5) is 15.9 Å². The third kappa shape index (κ3) is 3.58. The minimum Gasteiger partial charge on any atom is -0.379 e. The van der Waals surface area contributed by atoms with Crippen LogP contribution in [0.3, 0.4) is 0 Å². The average molecular weight is 358 g/mol. The molecule has 5 heteroatoms. The number of nitrogens with one attached hydrogen (secondary N) is 2. The van der Waals surface area contributed by atoms with Crippen LogP contribution in [-0.2, 0) is 6.54 Å². The van der Waals surface area contributed by atoms with Crippen LogP contribution in [-0.4, -0.2) is 17.0 Å². The molecule has 3 aromatic carbocycles. The maximum atomic E-state index is 13.8. The molecule has 0 fully saturated rings. The Labute approximate surface area is 157 Å². The third-order valence-corrected chi connectivity index (χ3v) is 4.49. The fourth-order valence-electron chi connectivity index (χ4n) is 3.10. The summed E-state index contributed by atoms with van der Waals surface area (Å²) in [6, 6.07) is 21.0. The van der Waals surface area contributed by atoms with Crippen molar-refractivity contribution in [1.29, 1.82) is 0 Å². The van der Waals surface area contributed by atoms with Gasteiger partial charge in [0.05, 0.1) is 11.2 Å². The zero-order valence-electron chi connectivity index (χ0n) is 14.9. The van der Waals surface area contributed by atoms with Gasteiger partial charge in [-0.05, 0) is 47.0 Å². The van der Waals surface area contributed by atoms with Crippen molar-refractivity contribution < 1.29 is 4.39 Å². The van der Waals surface area contributed by atoms with Gasteiger partial charge >= 0.3 is 0 Å². The Bertz CT molecular complexity index is 1090. The van der Waals surface area contributed by atoms with Crippen molar-refractivity contribution >= 4 is 22.4 Å².